The lowest BCUT2D eigenvalue weighted by Gasteiger charge is -2.28. The molecule has 1 rings (SSSR count). The summed E-state index contributed by atoms with van der Waals surface area (Å²) in [6.45, 7) is 11.2. The second-order valence-electron chi connectivity index (χ2n) is 13.6. The van der Waals surface area contributed by atoms with E-state index in [2.05, 4.69) is 27.7 Å². The molecule has 0 radical (unpaired) electrons. The molecule has 44 heavy (non-hydrogen) atoms. The average molecular weight is 655 g/mol. The quantitative estimate of drug-likeness (QED) is 0.0490. The number of hydrogen-bond acceptors (Lipinski definition) is 3. The Hall–Kier alpha value is -0.440. The van der Waals surface area contributed by atoms with E-state index in [-0.39, 0.29) is 4.90 Å². The molecule has 0 heterocycles. The lowest BCUT2D eigenvalue weighted by molar-refractivity contribution is 0.463. The van der Waals surface area contributed by atoms with E-state index in [1.165, 1.54) is 141 Å². The first-order chi connectivity index (χ1) is 21.2. The molecule has 0 amide bonds. The van der Waals surface area contributed by atoms with Crippen LogP contribution in [-0.4, -0.2) is 37.6 Å². The highest BCUT2D eigenvalue weighted by atomic mass is 32.2. The lowest BCUT2D eigenvalue weighted by Crippen LogP contribution is -2.13. The van der Waals surface area contributed by atoms with Crippen molar-refractivity contribution in [1.82, 2.24) is 0 Å². The van der Waals surface area contributed by atoms with Crippen LogP contribution in [0, 0.1) is 6.92 Å². The summed E-state index contributed by atoms with van der Waals surface area (Å²) in [4.78, 5) is -0.178. The Morgan fingerprint density at radius 2 is 0.705 bits per heavy atom. The zero-order chi connectivity index (χ0) is 32.8. The van der Waals surface area contributed by atoms with E-state index in [0.717, 1.165) is 5.56 Å². The van der Waals surface area contributed by atoms with Gasteiger partial charge < -0.3 is 4.55 Å². The van der Waals surface area contributed by atoms with Crippen molar-refractivity contribution in [2.24, 2.45) is 0 Å². The summed E-state index contributed by atoms with van der Waals surface area (Å²) in [5.74, 6) is 0. The van der Waals surface area contributed by atoms with Gasteiger partial charge in [-0.3, -0.25) is 0 Å². The van der Waals surface area contributed by atoms with Crippen LogP contribution in [0.2, 0.25) is 0 Å². The molecule has 0 aliphatic rings. The van der Waals surface area contributed by atoms with E-state index < -0.39 is 17.4 Å². The van der Waals surface area contributed by atoms with Gasteiger partial charge in [-0.15, -0.1) is 0 Å². The molecular weight excluding hydrogens is 579 g/mol. The van der Waals surface area contributed by atoms with Crippen molar-refractivity contribution in [3.05, 3.63) is 29.8 Å². The van der Waals surface area contributed by atoms with Crippen molar-refractivity contribution in [2.45, 2.75) is 194 Å². The number of rotatable bonds is 29. The molecule has 1 aromatic carbocycles. The highest BCUT2D eigenvalue weighted by molar-refractivity contribution is 7.85. The fraction of sp³-hybridized carbons (Fsp3) is 0.846. The van der Waals surface area contributed by atoms with Crippen molar-refractivity contribution in [1.29, 1.82) is 0 Å². The predicted molar refractivity (Wildman–Crippen MR) is 199 cm³/mol. The second-order valence-corrected chi connectivity index (χ2v) is 19.4. The molecule has 260 valence electrons. The maximum Gasteiger partial charge on any atom is 0.124 e. The molecule has 5 heteroatoms. The first-order valence-corrected chi connectivity index (χ1v) is 23.1. The molecule has 0 aliphatic heterocycles. The Morgan fingerprint density at radius 3 is 0.955 bits per heavy atom. The van der Waals surface area contributed by atoms with Crippen molar-refractivity contribution >= 4 is 17.4 Å². The van der Waals surface area contributed by atoms with E-state index in [1.54, 1.807) is 62.5 Å². The smallest absolute Gasteiger partial charge is 0.124 e. The van der Waals surface area contributed by atoms with Crippen LogP contribution >= 0.6 is 7.26 Å². The van der Waals surface area contributed by atoms with Gasteiger partial charge in [0, 0.05) is 7.26 Å². The van der Waals surface area contributed by atoms with Crippen molar-refractivity contribution < 1.29 is 13.0 Å². The van der Waals surface area contributed by atoms with Crippen LogP contribution in [0.25, 0.3) is 0 Å². The van der Waals surface area contributed by atoms with E-state index >= 15 is 0 Å². The number of hydrogen-bond donors (Lipinski definition) is 0. The molecule has 0 saturated carbocycles. The van der Waals surface area contributed by atoms with Gasteiger partial charge in [-0.1, -0.05) is 148 Å². The topological polar surface area (TPSA) is 57.2 Å². The highest BCUT2D eigenvalue weighted by Gasteiger charge is 2.34. The molecule has 0 N–H and O–H groups in total. The van der Waals surface area contributed by atoms with Crippen LogP contribution in [0.5, 0.6) is 0 Å². The van der Waals surface area contributed by atoms with Gasteiger partial charge in [0.25, 0.3) is 0 Å². The maximum absolute atomic E-state index is 10.4. The van der Waals surface area contributed by atoms with Gasteiger partial charge in [-0.2, -0.15) is 0 Å². The van der Waals surface area contributed by atoms with Gasteiger partial charge in [0.1, 0.15) is 10.1 Å². The SMILES string of the molecule is CCCCCCCC[P+](CCCCCCCC)(CCCCCCCC)CCCCCCCC.Cc1ccc(S(=O)(=O)[O-])cc1. The normalized spacial score (nSPS) is 11.9. The zero-order valence-electron chi connectivity index (χ0n) is 30.2. The summed E-state index contributed by atoms with van der Waals surface area (Å²) in [6, 6.07) is 5.78. The van der Waals surface area contributed by atoms with Crippen LogP contribution in [0.3, 0.4) is 0 Å². The molecule has 0 fully saturated rings. The first-order valence-electron chi connectivity index (χ1n) is 19.1. The van der Waals surface area contributed by atoms with Crippen molar-refractivity contribution in [3.8, 4) is 0 Å². The fourth-order valence-electron chi connectivity index (χ4n) is 6.29. The van der Waals surface area contributed by atoms with Crippen LogP contribution in [0.4, 0.5) is 0 Å². The molecule has 0 aromatic heterocycles. The van der Waals surface area contributed by atoms with Crippen LogP contribution in [-0.2, 0) is 10.1 Å². The third kappa shape index (κ3) is 25.7. The van der Waals surface area contributed by atoms with Crippen LogP contribution in [0.1, 0.15) is 187 Å². The highest BCUT2D eigenvalue weighted by Crippen LogP contribution is 2.61. The maximum atomic E-state index is 10.4. The minimum Gasteiger partial charge on any atom is -0.744 e. The number of aryl methyl sites for hydroxylation is 1. The summed E-state index contributed by atoms with van der Waals surface area (Å²) in [7, 11) is -4.99. The van der Waals surface area contributed by atoms with Gasteiger partial charge in [0.05, 0.1) is 29.5 Å². The zero-order valence-corrected chi connectivity index (χ0v) is 31.9. The Morgan fingerprint density at radius 1 is 0.455 bits per heavy atom. The molecule has 0 spiro atoms. The van der Waals surface area contributed by atoms with Gasteiger partial charge in [-0.25, -0.2) is 8.42 Å². The summed E-state index contributed by atoms with van der Waals surface area (Å²) in [5.41, 5.74) is 0.928. The molecule has 0 saturated heterocycles. The molecule has 0 bridgehead atoms. The largest absolute Gasteiger partial charge is 0.744 e. The predicted octanol–water partition coefficient (Wildman–Crippen LogP) is 13.3. The Labute approximate surface area is 277 Å². The van der Waals surface area contributed by atoms with Gasteiger partial charge >= 0.3 is 0 Å². The molecule has 0 aliphatic carbocycles. The molecule has 1 aromatic rings. The van der Waals surface area contributed by atoms with Crippen LogP contribution < -0.4 is 0 Å². The monoisotopic (exact) mass is 655 g/mol. The molecule has 0 atom stereocenters. The van der Waals surface area contributed by atoms with Crippen molar-refractivity contribution in [2.75, 3.05) is 24.6 Å². The standard InChI is InChI=1S/C32H68P.C7H8O3S/c1-5-9-13-17-21-25-29-33(30-26-22-18-14-10-6-2,31-27-23-19-15-11-7-3)32-28-24-20-16-12-8-4;1-6-2-4-7(5-3-6)11(8,9)10/h5-32H2,1-4H3;2-5H,1H3,(H,8,9,10)/q+1;/p-1. The minimum atomic E-state index is -4.27. The van der Waals surface area contributed by atoms with Gasteiger partial charge in [-0.05, 0) is 70.4 Å². The van der Waals surface area contributed by atoms with E-state index in [9.17, 15) is 13.0 Å². The summed E-state index contributed by atoms with van der Waals surface area (Å²) in [5, 5.41) is 0. The average Bonchev–Trinajstić information content (AvgIpc) is 3.00. The summed E-state index contributed by atoms with van der Waals surface area (Å²) < 4.78 is 31.2. The molecule has 3 nitrogen and oxygen atoms in total. The minimum absolute atomic E-state index is 0.178. The van der Waals surface area contributed by atoms with Gasteiger partial charge in [0.15, 0.2) is 0 Å². The number of unbranched alkanes of at least 4 members (excludes halogenated alkanes) is 20. The number of benzene rings is 1. The van der Waals surface area contributed by atoms with E-state index in [0.29, 0.717) is 0 Å². The first kappa shape index (κ1) is 43.6. The third-order valence-corrected chi connectivity index (χ3v) is 15.2. The third-order valence-electron chi connectivity index (χ3n) is 9.25. The molecular formula is C39H75O3PS. The second kappa shape index (κ2) is 29.9. The Bertz CT molecular complexity index is 768. The van der Waals surface area contributed by atoms with Gasteiger partial charge in [0.2, 0.25) is 0 Å². The molecule has 0 unspecified atom stereocenters. The summed E-state index contributed by atoms with van der Waals surface area (Å²) >= 11 is 0. The summed E-state index contributed by atoms with van der Waals surface area (Å²) in [6.07, 6.45) is 42.1. The Balaban J connectivity index is 0.00000139. The lowest BCUT2D eigenvalue weighted by atomic mass is 10.1. The fourth-order valence-corrected chi connectivity index (χ4v) is 11.7. The Kier molecular flexibility index (Phi) is 29.6. The van der Waals surface area contributed by atoms with Crippen molar-refractivity contribution in [3.63, 3.8) is 0 Å². The van der Waals surface area contributed by atoms with Crippen LogP contribution in [0.15, 0.2) is 29.2 Å². The van der Waals surface area contributed by atoms with E-state index in [4.69, 9.17) is 0 Å². The van der Waals surface area contributed by atoms with E-state index in [1.807, 2.05) is 6.92 Å².